The van der Waals surface area contributed by atoms with Crippen molar-refractivity contribution in [3.63, 3.8) is 0 Å². The molecular formula is C11H21NO. The normalized spacial score (nSPS) is 37.4. The van der Waals surface area contributed by atoms with Crippen LogP contribution in [0.3, 0.4) is 0 Å². The van der Waals surface area contributed by atoms with E-state index in [0.29, 0.717) is 0 Å². The maximum atomic E-state index is 9.36. The van der Waals surface area contributed by atoms with Crippen molar-refractivity contribution in [3.8, 4) is 0 Å². The maximum Gasteiger partial charge on any atom is 0.0639 e. The van der Waals surface area contributed by atoms with E-state index in [-0.39, 0.29) is 6.10 Å². The van der Waals surface area contributed by atoms with Crippen LogP contribution in [-0.2, 0) is 0 Å². The molecule has 2 nitrogen and oxygen atoms in total. The molecule has 0 aromatic carbocycles. The van der Waals surface area contributed by atoms with Crippen molar-refractivity contribution >= 4 is 0 Å². The zero-order chi connectivity index (χ0) is 9.26. The Kier molecular flexibility index (Phi) is 2.89. The molecule has 1 heterocycles. The molecule has 0 spiro atoms. The molecule has 0 radical (unpaired) electrons. The summed E-state index contributed by atoms with van der Waals surface area (Å²) in [6, 6.07) is 0.809. The minimum Gasteiger partial charge on any atom is -0.392 e. The van der Waals surface area contributed by atoms with Crippen LogP contribution in [0, 0.1) is 5.92 Å². The fraction of sp³-hybridized carbons (Fsp3) is 1.00. The minimum absolute atomic E-state index is 0.152. The van der Waals surface area contributed by atoms with Gasteiger partial charge in [-0.2, -0.15) is 0 Å². The summed E-state index contributed by atoms with van der Waals surface area (Å²) in [6.45, 7) is 4.01. The molecule has 2 rings (SSSR count). The second-order valence-electron chi connectivity index (χ2n) is 4.74. The third-order valence-electron chi connectivity index (χ3n) is 3.62. The SMILES string of the molecule is CC(O)CN1CC[C@@H]2CCCC[C@@H]21. The van der Waals surface area contributed by atoms with Gasteiger partial charge in [-0.05, 0) is 38.6 Å². The molecule has 1 unspecified atom stereocenters. The van der Waals surface area contributed by atoms with Crippen LogP contribution in [0.2, 0.25) is 0 Å². The molecule has 1 aliphatic heterocycles. The molecule has 1 aliphatic carbocycles. The van der Waals surface area contributed by atoms with Gasteiger partial charge in [0.05, 0.1) is 6.10 Å². The molecule has 1 saturated heterocycles. The molecule has 0 bridgehead atoms. The van der Waals surface area contributed by atoms with Crippen molar-refractivity contribution in [1.29, 1.82) is 0 Å². The van der Waals surface area contributed by atoms with E-state index < -0.39 is 0 Å². The quantitative estimate of drug-likeness (QED) is 0.703. The van der Waals surface area contributed by atoms with Crippen molar-refractivity contribution in [2.24, 2.45) is 5.92 Å². The van der Waals surface area contributed by atoms with Crippen LogP contribution >= 0.6 is 0 Å². The van der Waals surface area contributed by atoms with E-state index in [0.717, 1.165) is 18.5 Å². The highest BCUT2D eigenvalue weighted by atomic mass is 16.3. The first-order valence-corrected chi connectivity index (χ1v) is 5.69. The van der Waals surface area contributed by atoms with Gasteiger partial charge in [-0.3, -0.25) is 4.90 Å². The van der Waals surface area contributed by atoms with Gasteiger partial charge in [-0.15, -0.1) is 0 Å². The van der Waals surface area contributed by atoms with E-state index in [1.807, 2.05) is 6.92 Å². The molecule has 2 fully saturated rings. The fourth-order valence-electron chi connectivity index (χ4n) is 3.07. The number of aliphatic hydroxyl groups is 1. The Morgan fingerprint density at radius 1 is 1.31 bits per heavy atom. The largest absolute Gasteiger partial charge is 0.392 e. The van der Waals surface area contributed by atoms with E-state index in [4.69, 9.17) is 0 Å². The molecule has 2 aliphatic rings. The number of rotatable bonds is 2. The lowest BCUT2D eigenvalue weighted by Gasteiger charge is -2.32. The zero-order valence-corrected chi connectivity index (χ0v) is 8.58. The summed E-state index contributed by atoms with van der Waals surface area (Å²) < 4.78 is 0. The predicted octanol–water partition coefficient (Wildman–Crippen LogP) is 1.63. The van der Waals surface area contributed by atoms with Gasteiger partial charge in [0, 0.05) is 12.6 Å². The van der Waals surface area contributed by atoms with Crippen LogP contribution in [-0.4, -0.2) is 35.2 Å². The van der Waals surface area contributed by atoms with Crippen molar-refractivity contribution in [2.45, 2.75) is 51.2 Å². The van der Waals surface area contributed by atoms with Gasteiger partial charge in [-0.1, -0.05) is 12.8 Å². The topological polar surface area (TPSA) is 23.5 Å². The lowest BCUT2D eigenvalue weighted by Crippen LogP contribution is -2.38. The van der Waals surface area contributed by atoms with Crippen LogP contribution in [0.4, 0.5) is 0 Å². The summed E-state index contributed by atoms with van der Waals surface area (Å²) >= 11 is 0. The monoisotopic (exact) mass is 183 g/mol. The average Bonchev–Trinajstić information content (AvgIpc) is 2.48. The molecule has 0 amide bonds. The van der Waals surface area contributed by atoms with E-state index in [2.05, 4.69) is 4.90 Å². The Balaban J connectivity index is 1.91. The summed E-state index contributed by atoms with van der Waals surface area (Å²) in [6.07, 6.45) is 6.86. The fourth-order valence-corrected chi connectivity index (χ4v) is 3.07. The van der Waals surface area contributed by atoms with Crippen LogP contribution in [0.25, 0.3) is 0 Å². The number of nitrogens with zero attached hydrogens (tertiary/aromatic N) is 1. The van der Waals surface area contributed by atoms with Crippen LogP contribution in [0.1, 0.15) is 39.0 Å². The molecule has 1 saturated carbocycles. The second kappa shape index (κ2) is 3.97. The molecule has 13 heavy (non-hydrogen) atoms. The van der Waals surface area contributed by atoms with Gasteiger partial charge in [0.1, 0.15) is 0 Å². The average molecular weight is 183 g/mol. The van der Waals surface area contributed by atoms with E-state index >= 15 is 0 Å². The third kappa shape index (κ3) is 2.05. The lowest BCUT2D eigenvalue weighted by atomic mass is 9.85. The Hall–Kier alpha value is -0.0800. The first-order chi connectivity index (χ1) is 6.27. The van der Waals surface area contributed by atoms with Gasteiger partial charge >= 0.3 is 0 Å². The second-order valence-corrected chi connectivity index (χ2v) is 4.74. The van der Waals surface area contributed by atoms with E-state index in [1.165, 1.54) is 38.6 Å². The van der Waals surface area contributed by atoms with Gasteiger partial charge in [-0.25, -0.2) is 0 Å². The van der Waals surface area contributed by atoms with Crippen molar-refractivity contribution in [3.05, 3.63) is 0 Å². The van der Waals surface area contributed by atoms with Crippen LogP contribution < -0.4 is 0 Å². The third-order valence-corrected chi connectivity index (χ3v) is 3.62. The predicted molar refractivity (Wildman–Crippen MR) is 53.6 cm³/mol. The number of hydrogen-bond donors (Lipinski definition) is 1. The van der Waals surface area contributed by atoms with Gasteiger partial charge in [0.2, 0.25) is 0 Å². The highest BCUT2D eigenvalue weighted by Gasteiger charge is 2.35. The summed E-state index contributed by atoms with van der Waals surface area (Å²) in [5.41, 5.74) is 0. The molecule has 76 valence electrons. The van der Waals surface area contributed by atoms with E-state index in [1.54, 1.807) is 0 Å². The summed E-state index contributed by atoms with van der Waals surface area (Å²) in [5.74, 6) is 0.951. The number of likely N-dealkylation sites (tertiary alicyclic amines) is 1. The summed E-state index contributed by atoms with van der Waals surface area (Å²) in [7, 11) is 0. The highest BCUT2D eigenvalue weighted by Crippen LogP contribution is 2.35. The lowest BCUT2D eigenvalue weighted by molar-refractivity contribution is 0.100. The Morgan fingerprint density at radius 3 is 2.85 bits per heavy atom. The molecule has 3 atom stereocenters. The Morgan fingerprint density at radius 2 is 2.08 bits per heavy atom. The summed E-state index contributed by atoms with van der Waals surface area (Å²) in [4.78, 5) is 2.51. The maximum absolute atomic E-state index is 9.36. The molecule has 2 heteroatoms. The molecule has 0 aromatic heterocycles. The minimum atomic E-state index is -0.152. The highest BCUT2D eigenvalue weighted by molar-refractivity contribution is 4.90. The van der Waals surface area contributed by atoms with E-state index in [9.17, 15) is 5.11 Å². The number of hydrogen-bond acceptors (Lipinski definition) is 2. The van der Waals surface area contributed by atoms with Crippen LogP contribution in [0.5, 0.6) is 0 Å². The van der Waals surface area contributed by atoms with Gasteiger partial charge in [0.15, 0.2) is 0 Å². The molecule has 1 N–H and O–H groups in total. The van der Waals surface area contributed by atoms with Gasteiger partial charge in [0.25, 0.3) is 0 Å². The zero-order valence-electron chi connectivity index (χ0n) is 8.58. The van der Waals surface area contributed by atoms with Crippen LogP contribution in [0.15, 0.2) is 0 Å². The first-order valence-electron chi connectivity index (χ1n) is 5.69. The van der Waals surface area contributed by atoms with Crippen molar-refractivity contribution < 1.29 is 5.11 Å². The first kappa shape index (κ1) is 9.47. The number of aliphatic hydroxyl groups excluding tert-OH is 1. The smallest absolute Gasteiger partial charge is 0.0639 e. The number of fused-ring (bicyclic) bond motifs is 1. The van der Waals surface area contributed by atoms with Gasteiger partial charge < -0.3 is 5.11 Å². The number of β-amino-alcohol motifs (C(OH)–C–C–N with tert-alkyl or cyclic N) is 1. The van der Waals surface area contributed by atoms with Crippen molar-refractivity contribution in [1.82, 2.24) is 4.90 Å². The standard InChI is InChI=1S/C11H21NO/c1-9(13)8-12-7-6-10-4-2-3-5-11(10)12/h9-11,13H,2-8H2,1H3/t9?,10-,11-/m0/s1. The summed E-state index contributed by atoms with van der Waals surface area (Å²) in [5, 5.41) is 9.36. The Labute approximate surface area is 80.9 Å². The molecule has 0 aromatic rings. The van der Waals surface area contributed by atoms with Crippen molar-refractivity contribution in [2.75, 3.05) is 13.1 Å². The Bertz CT molecular complexity index is 169. The molecular weight excluding hydrogens is 162 g/mol.